The number of morpholine rings is 1. The summed E-state index contributed by atoms with van der Waals surface area (Å²) in [6, 6.07) is 8.92. The van der Waals surface area contributed by atoms with E-state index in [4.69, 9.17) is 14.2 Å². The smallest absolute Gasteiger partial charge is 0.271 e. The summed E-state index contributed by atoms with van der Waals surface area (Å²) in [5.41, 5.74) is 5.61. The van der Waals surface area contributed by atoms with Crippen LogP contribution in [0, 0.1) is 0 Å². The normalized spacial score (nSPS) is 14.0. The minimum atomic E-state index is -3.77. The fraction of sp³-hybridized carbons (Fsp3) is 0.364. The van der Waals surface area contributed by atoms with Gasteiger partial charge in [-0.1, -0.05) is 0 Å². The van der Waals surface area contributed by atoms with Crippen molar-refractivity contribution < 1.29 is 32.2 Å². The highest BCUT2D eigenvalue weighted by Gasteiger charge is 2.24. The van der Waals surface area contributed by atoms with E-state index in [-0.39, 0.29) is 16.0 Å². The third-order valence-corrected chi connectivity index (χ3v) is 7.09. The molecule has 0 radical (unpaired) electrons. The van der Waals surface area contributed by atoms with Crippen molar-refractivity contribution >= 4 is 27.5 Å². The van der Waals surface area contributed by atoms with Crippen molar-refractivity contribution in [3.63, 3.8) is 0 Å². The summed E-state index contributed by atoms with van der Waals surface area (Å²) in [5, 5.41) is 0. The molecule has 2 amide bonds. The molecule has 2 aromatic carbocycles. The predicted molar refractivity (Wildman–Crippen MR) is 125 cm³/mol. The Kier molecular flexibility index (Phi) is 7.97. The van der Waals surface area contributed by atoms with Gasteiger partial charge in [-0.05, 0) is 36.4 Å². The molecule has 12 heteroatoms. The number of hydrogen-bond acceptors (Lipinski definition) is 8. The first-order valence-corrected chi connectivity index (χ1v) is 11.8. The van der Waals surface area contributed by atoms with Crippen molar-refractivity contribution in [3.8, 4) is 11.5 Å². The standard InChI is InChI=1S/C22H28N4O7S/c1-25(2)34(29,30)16-6-7-18(26-9-11-33-12-10-26)17(14-16)22(28)24-23-21(27)15-5-8-19(31-3)20(13-15)32-4/h5-8,13-14H,9-12H2,1-4H3,(H,23,27)(H,24,28). The number of sulfonamides is 1. The van der Waals surface area contributed by atoms with E-state index >= 15 is 0 Å². The van der Waals surface area contributed by atoms with Gasteiger partial charge in [0.25, 0.3) is 11.8 Å². The first kappa shape index (κ1) is 25.3. The third-order valence-electron chi connectivity index (χ3n) is 5.28. The van der Waals surface area contributed by atoms with E-state index in [1.54, 1.807) is 12.1 Å². The second-order valence-electron chi connectivity index (χ2n) is 7.54. The number of hydrazine groups is 1. The molecule has 11 nitrogen and oxygen atoms in total. The maximum absolute atomic E-state index is 13.1. The lowest BCUT2D eigenvalue weighted by Gasteiger charge is -2.30. The van der Waals surface area contributed by atoms with E-state index in [9.17, 15) is 18.0 Å². The SMILES string of the molecule is COc1ccc(C(=O)NNC(=O)c2cc(S(=O)(=O)N(C)C)ccc2N2CCOCC2)cc1OC. The molecule has 0 unspecified atom stereocenters. The number of methoxy groups -OCH3 is 2. The molecule has 34 heavy (non-hydrogen) atoms. The minimum Gasteiger partial charge on any atom is -0.493 e. The van der Waals surface area contributed by atoms with Crippen molar-refractivity contribution in [2.75, 3.05) is 59.5 Å². The number of carbonyl (C=O) groups is 2. The Morgan fingerprint density at radius 3 is 2.21 bits per heavy atom. The Morgan fingerprint density at radius 1 is 0.941 bits per heavy atom. The van der Waals surface area contributed by atoms with Gasteiger partial charge in [0.2, 0.25) is 10.0 Å². The summed E-state index contributed by atoms with van der Waals surface area (Å²) in [4.78, 5) is 27.6. The lowest BCUT2D eigenvalue weighted by Crippen LogP contribution is -2.43. The van der Waals surface area contributed by atoms with Gasteiger partial charge in [0, 0.05) is 38.4 Å². The summed E-state index contributed by atoms with van der Waals surface area (Å²) in [6.07, 6.45) is 0. The van der Waals surface area contributed by atoms with Crippen LogP contribution in [0.2, 0.25) is 0 Å². The average molecular weight is 493 g/mol. The Balaban J connectivity index is 1.86. The molecule has 3 rings (SSSR count). The van der Waals surface area contributed by atoms with Crippen molar-refractivity contribution in [2.45, 2.75) is 4.90 Å². The molecular weight excluding hydrogens is 464 g/mol. The van der Waals surface area contributed by atoms with Gasteiger partial charge in [0.15, 0.2) is 11.5 Å². The van der Waals surface area contributed by atoms with E-state index in [0.29, 0.717) is 43.5 Å². The van der Waals surface area contributed by atoms with E-state index in [1.165, 1.54) is 52.6 Å². The van der Waals surface area contributed by atoms with Gasteiger partial charge < -0.3 is 19.1 Å². The number of benzene rings is 2. The number of hydrogen-bond donors (Lipinski definition) is 2. The largest absolute Gasteiger partial charge is 0.493 e. The second kappa shape index (κ2) is 10.7. The molecule has 0 bridgehead atoms. The number of nitrogens with one attached hydrogen (secondary N) is 2. The minimum absolute atomic E-state index is 0.0362. The summed E-state index contributed by atoms with van der Waals surface area (Å²) in [6.45, 7) is 2.04. The lowest BCUT2D eigenvalue weighted by atomic mass is 10.1. The number of carbonyl (C=O) groups excluding carboxylic acids is 2. The fourth-order valence-corrected chi connectivity index (χ4v) is 4.31. The Labute approximate surface area is 198 Å². The molecule has 184 valence electrons. The molecule has 1 saturated heterocycles. The van der Waals surface area contributed by atoms with Crippen LogP contribution < -0.4 is 25.2 Å². The van der Waals surface area contributed by atoms with Crippen LogP contribution in [0.15, 0.2) is 41.3 Å². The molecule has 1 fully saturated rings. The van der Waals surface area contributed by atoms with Crippen molar-refractivity contribution in [1.82, 2.24) is 15.2 Å². The van der Waals surface area contributed by atoms with Crippen molar-refractivity contribution in [1.29, 1.82) is 0 Å². The van der Waals surface area contributed by atoms with Gasteiger partial charge in [0.05, 0.1) is 37.9 Å². The topological polar surface area (TPSA) is 127 Å². The lowest BCUT2D eigenvalue weighted by molar-refractivity contribution is 0.0846. The van der Waals surface area contributed by atoms with Gasteiger partial charge >= 0.3 is 0 Å². The molecule has 0 aliphatic carbocycles. The third kappa shape index (κ3) is 5.41. The molecular formula is C22H28N4O7S. The van der Waals surface area contributed by atoms with Gasteiger partial charge in [-0.3, -0.25) is 20.4 Å². The van der Waals surface area contributed by atoms with Crippen LogP contribution in [0.3, 0.4) is 0 Å². The monoisotopic (exact) mass is 492 g/mol. The molecule has 1 aliphatic rings. The van der Waals surface area contributed by atoms with E-state index in [1.807, 2.05) is 4.90 Å². The van der Waals surface area contributed by atoms with Crippen LogP contribution in [-0.4, -0.2) is 79.2 Å². The van der Waals surface area contributed by atoms with Gasteiger partial charge in [-0.25, -0.2) is 12.7 Å². The molecule has 2 aromatic rings. The van der Waals surface area contributed by atoms with Crippen LogP contribution in [0.25, 0.3) is 0 Å². The van der Waals surface area contributed by atoms with Crippen LogP contribution in [0.1, 0.15) is 20.7 Å². The number of nitrogens with zero attached hydrogens (tertiary/aromatic N) is 2. The number of amides is 2. The number of rotatable bonds is 7. The van der Waals surface area contributed by atoms with Crippen LogP contribution in [0.5, 0.6) is 11.5 Å². The zero-order chi connectivity index (χ0) is 24.9. The first-order chi connectivity index (χ1) is 16.2. The van der Waals surface area contributed by atoms with Crippen LogP contribution >= 0.6 is 0 Å². The highest BCUT2D eigenvalue weighted by atomic mass is 32.2. The van der Waals surface area contributed by atoms with Crippen LogP contribution in [-0.2, 0) is 14.8 Å². The Hall–Kier alpha value is -3.35. The zero-order valence-corrected chi connectivity index (χ0v) is 20.3. The Bertz CT molecular complexity index is 1160. The van der Waals surface area contributed by atoms with Gasteiger partial charge in [-0.15, -0.1) is 0 Å². The van der Waals surface area contributed by atoms with Gasteiger partial charge in [-0.2, -0.15) is 0 Å². The maximum atomic E-state index is 13.1. The van der Waals surface area contributed by atoms with Crippen molar-refractivity contribution in [2.24, 2.45) is 0 Å². The zero-order valence-electron chi connectivity index (χ0n) is 19.5. The second-order valence-corrected chi connectivity index (χ2v) is 9.70. The summed E-state index contributed by atoms with van der Waals surface area (Å²) in [5.74, 6) is -0.430. The van der Waals surface area contributed by atoms with Gasteiger partial charge in [0.1, 0.15) is 0 Å². The Morgan fingerprint density at radius 2 is 1.59 bits per heavy atom. The number of ether oxygens (including phenoxy) is 3. The highest BCUT2D eigenvalue weighted by molar-refractivity contribution is 7.89. The molecule has 0 aromatic heterocycles. The summed E-state index contributed by atoms with van der Waals surface area (Å²) >= 11 is 0. The van der Waals surface area contributed by atoms with Crippen molar-refractivity contribution in [3.05, 3.63) is 47.5 Å². The maximum Gasteiger partial charge on any atom is 0.271 e. The quantitative estimate of drug-likeness (QED) is 0.545. The summed E-state index contributed by atoms with van der Waals surface area (Å²) in [7, 11) is 1.98. The van der Waals surface area contributed by atoms with Crippen LogP contribution in [0.4, 0.5) is 5.69 Å². The molecule has 0 saturated carbocycles. The predicted octanol–water partition coefficient (Wildman–Crippen LogP) is 0.866. The van der Waals surface area contributed by atoms with E-state index < -0.39 is 21.8 Å². The number of anilines is 1. The molecule has 0 spiro atoms. The molecule has 0 atom stereocenters. The fourth-order valence-electron chi connectivity index (χ4n) is 3.38. The molecule has 1 aliphatic heterocycles. The summed E-state index contributed by atoms with van der Waals surface area (Å²) < 4.78 is 42.1. The molecule has 1 heterocycles. The average Bonchev–Trinajstić information content (AvgIpc) is 2.86. The van der Waals surface area contributed by atoms with E-state index in [2.05, 4.69) is 10.9 Å². The highest BCUT2D eigenvalue weighted by Crippen LogP contribution is 2.28. The van der Waals surface area contributed by atoms with E-state index in [0.717, 1.165) is 4.31 Å². The first-order valence-electron chi connectivity index (χ1n) is 10.4. The molecule has 2 N–H and O–H groups in total.